The van der Waals surface area contributed by atoms with E-state index >= 15 is 0 Å². The molecule has 2 rings (SSSR count). The SMILES string of the molecule is Cc1n[nH]c(C)c1Sc1ccccc1N=C(N)N=C(N)N. The Balaban J connectivity index is 2.36. The Bertz CT molecular complexity index is 679. The molecule has 0 bridgehead atoms. The molecule has 0 aliphatic rings. The third-order valence-electron chi connectivity index (χ3n) is 2.62. The lowest BCUT2D eigenvalue weighted by Gasteiger charge is -2.05. The fraction of sp³-hybridized carbons (Fsp3) is 0.154. The molecule has 110 valence electrons. The maximum absolute atomic E-state index is 5.68. The van der Waals surface area contributed by atoms with Crippen molar-refractivity contribution in [1.29, 1.82) is 0 Å². The summed E-state index contributed by atoms with van der Waals surface area (Å²) in [5.74, 6) is -0.105. The Morgan fingerprint density at radius 3 is 2.52 bits per heavy atom. The van der Waals surface area contributed by atoms with Gasteiger partial charge in [-0.25, -0.2) is 4.99 Å². The van der Waals surface area contributed by atoms with Crippen LogP contribution in [-0.2, 0) is 0 Å². The normalized spacial score (nSPS) is 11.4. The van der Waals surface area contributed by atoms with Crippen LogP contribution in [0.15, 0.2) is 44.0 Å². The van der Waals surface area contributed by atoms with E-state index in [2.05, 4.69) is 20.2 Å². The molecule has 0 amide bonds. The molecule has 7 nitrogen and oxygen atoms in total. The van der Waals surface area contributed by atoms with Gasteiger partial charge in [0, 0.05) is 10.6 Å². The number of hydrogen-bond acceptors (Lipinski definition) is 3. The van der Waals surface area contributed by atoms with Crippen molar-refractivity contribution >= 4 is 29.4 Å². The highest BCUT2D eigenvalue weighted by Crippen LogP contribution is 2.37. The Morgan fingerprint density at radius 2 is 1.90 bits per heavy atom. The first kappa shape index (κ1) is 14.9. The molecule has 0 fully saturated rings. The topological polar surface area (TPSA) is 131 Å². The van der Waals surface area contributed by atoms with Crippen LogP contribution in [0.5, 0.6) is 0 Å². The van der Waals surface area contributed by atoms with Crippen molar-refractivity contribution in [3.05, 3.63) is 35.7 Å². The van der Waals surface area contributed by atoms with Gasteiger partial charge in [0.2, 0.25) is 5.96 Å². The summed E-state index contributed by atoms with van der Waals surface area (Å²) in [4.78, 5) is 9.96. The maximum Gasteiger partial charge on any atom is 0.223 e. The summed E-state index contributed by atoms with van der Waals surface area (Å²) in [5, 5.41) is 7.14. The number of benzene rings is 1. The summed E-state index contributed by atoms with van der Waals surface area (Å²) >= 11 is 1.57. The number of aromatic nitrogens is 2. The predicted octanol–water partition coefficient (Wildman–Crippen LogP) is 1.40. The highest BCUT2D eigenvalue weighted by molar-refractivity contribution is 7.99. The first-order chi connectivity index (χ1) is 9.97. The molecule has 7 N–H and O–H groups in total. The molecular weight excluding hydrogens is 286 g/mol. The van der Waals surface area contributed by atoms with Crippen LogP contribution in [0, 0.1) is 13.8 Å². The maximum atomic E-state index is 5.68. The van der Waals surface area contributed by atoms with Gasteiger partial charge in [0.15, 0.2) is 5.96 Å². The van der Waals surface area contributed by atoms with Crippen molar-refractivity contribution in [1.82, 2.24) is 10.2 Å². The van der Waals surface area contributed by atoms with Crippen molar-refractivity contribution in [2.45, 2.75) is 23.6 Å². The number of aliphatic imine (C=N–C) groups is 2. The number of hydrogen-bond donors (Lipinski definition) is 4. The van der Waals surface area contributed by atoms with E-state index in [1.807, 2.05) is 38.1 Å². The average molecular weight is 303 g/mol. The highest BCUT2D eigenvalue weighted by Gasteiger charge is 2.10. The fourth-order valence-corrected chi connectivity index (χ4v) is 2.69. The van der Waals surface area contributed by atoms with Crippen molar-refractivity contribution < 1.29 is 0 Å². The molecule has 0 unspecified atom stereocenters. The second-order valence-electron chi connectivity index (χ2n) is 4.34. The lowest BCUT2D eigenvalue weighted by atomic mass is 10.3. The van der Waals surface area contributed by atoms with Gasteiger partial charge in [-0.05, 0) is 26.0 Å². The van der Waals surface area contributed by atoms with Gasteiger partial charge in [-0.3, -0.25) is 5.10 Å². The zero-order chi connectivity index (χ0) is 15.4. The number of rotatable bonds is 3. The van der Waals surface area contributed by atoms with E-state index in [0.29, 0.717) is 5.69 Å². The fourth-order valence-electron chi connectivity index (χ4n) is 1.72. The summed E-state index contributed by atoms with van der Waals surface area (Å²) in [6.07, 6.45) is 0. The number of guanidine groups is 2. The Kier molecular flexibility index (Phi) is 4.49. The van der Waals surface area contributed by atoms with Crippen LogP contribution in [-0.4, -0.2) is 22.1 Å². The van der Waals surface area contributed by atoms with E-state index in [0.717, 1.165) is 21.2 Å². The van der Waals surface area contributed by atoms with Gasteiger partial charge in [0.05, 0.1) is 16.3 Å². The van der Waals surface area contributed by atoms with Gasteiger partial charge >= 0.3 is 0 Å². The molecule has 1 heterocycles. The van der Waals surface area contributed by atoms with Gasteiger partial charge in [-0.2, -0.15) is 10.1 Å². The lowest BCUT2D eigenvalue weighted by Crippen LogP contribution is -2.26. The highest BCUT2D eigenvalue weighted by atomic mass is 32.2. The van der Waals surface area contributed by atoms with Crippen LogP contribution in [0.25, 0.3) is 0 Å². The first-order valence-corrected chi connectivity index (χ1v) is 7.01. The van der Waals surface area contributed by atoms with Crippen molar-refractivity contribution in [3.63, 3.8) is 0 Å². The minimum Gasteiger partial charge on any atom is -0.370 e. The van der Waals surface area contributed by atoms with E-state index in [-0.39, 0.29) is 11.9 Å². The third kappa shape index (κ3) is 3.76. The van der Waals surface area contributed by atoms with E-state index in [1.54, 1.807) is 11.8 Å². The number of aromatic amines is 1. The Labute approximate surface area is 126 Å². The number of para-hydroxylation sites is 1. The molecule has 8 heteroatoms. The summed E-state index contributed by atoms with van der Waals surface area (Å²) in [5.41, 5.74) is 18.9. The zero-order valence-corrected chi connectivity index (χ0v) is 12.6. The average Bonchev–Trinajstić information content (AvgIpc) is 2.71. The molecule has 0 aliphatic heterocycles. The van der Waals surface area contributed by atoms with E-state index in [9.17, 15) is 0 Å². The molecule has 0 saturated carbocycles. The van der Waals surface area contributed by atoms with Crippen LogP contribution in [0.4, 0.5) is 5.69 Å². The molecule has 0 saturated heterocycles. The molecule has 0 atom stereocenters. The Hall–Kier alpha value is -2.48. The molecule has 0 radical (unpaired) electrons. The number of nitrogens with zero attached hydrogens (tertiary/aromatic N) is 3. The van der Waals surface area contributed by atoms with Gasteiger partial charge in [0.1, 0.15) is 0 Å². The Morgan fingerprint density at radius 1 is 1.19 bits per heavy atom. The molecule has 21 heavy (non-hydrogen) atoms. The van der Waals surface area contributed by atoms with Crippen LogP contribution in [0.2, 0.25) is 0 Å². The van der Waals surface area contributed by atoms with Gasteiger partial charge in [-0.1, -0.05) is 23.9 Å². The molecule has 2 aromatic rings. The largest absolute Gasteiger partial charge is 0.370 e. The molecular formula is C13H17N7S. The number of nitrogens with one attached hydrogen (secondary N) is 1. The smallest absolute Gasteiger partial charge is 0.223 e. The quantitative estimate of drug-likeness (QED) is 0.502. The minimum absolute atomic E-state index is 0.0173. The standard InChI is InChI=1S/C13H17N7S/c1-7-11(8(2)20-19-7)21-10-6-4-3-5-9(10)17-13(16)18-12(14)15/h3-6H,1-2H3,(H,19,20)(H6,14,15,16,17,18). The van der Waals surface area contributed by atoms with Gasteiger partial charge in [0.25, 0.3) is 0 Å². The minimum atomic E-state index is -0.122. The van der Waals surface area contributed by atoms with Crippen molar-refractivity contribution in [3.8, 4) is 0 Å². The first-order valence-electron chi connectivity index (χ1n) is 6.19. The molecule has 0 aliphatic carbocycles. The molecule has 0 spiro atoms. The van der Waals surface area contributed by atoms with Crippen molar-refractivity contribution in [2.24, 2.45) is 27.2 Å². The van der Waals surface area contributed by atoms with E-state index < -0.39 is 0 Å². The number of H-pyrrole nitrogens is 1. The van der Waals surface area contributed by atoms with E-state index in [4.69, 9.17) is 17.2 Å². The summed E-state index contributed by atoms with van der Waals surface area (Å²) in [6.45, 7) is 3.92. The summed E-state index contributed by atoms with van der Waals surface area (Å²) < 4.78 is 0. The predicted molar refractivity (Wildman–Crippen MR) is 85.7 cm³/mol. The van der Waals surface area contributed by atoms with Crippen LogP contribution < -0.4 is 17.2 Å². The van der Waals surface area contributed by atoms with Crippen molar-refractivity contribution in [2.75, 3.05) is 0 Å². The number of nitrogens with two attached hydrogens (primary N) is 3. The second-order valence-corrected chi connectivity index (χ2v) is 5.39. The van der Waals surface area contributed by atoms with Gasteiger partial charge < -0.3 is 17.2 Å². The molecule has 1 aromatic carbocycles. The molecule has 1 aromatic heterocycles. The van der Waals surface area contributed by atoms with E-state index in [1.165, 1.54) is 0 Å². The van der Waals surface area contributed by atoms with Gasteiger partial charge in [-0.15, -0.1) is 0 Å². The third-order valence-corrected chi connectivity index (χ3v) is 3.99. The lowest BCUT2D eigenvalue weighted by molar-refractivity contribution is 1.02. The second kappa shape index (κ2) is 6.31. The van der Waals surface area contributed by atoms with Crippen LogP contribution >= 0.6 is 11.8 Å². The monoisotopic (exact) mass is 303 g/mol. The summed E-state index contributed by atoms with van der Waals surface area (Å²) in [6, 6.07) is 7.62. The zero-order valence-electron chi connectivity index (χ0n) is 11.8. The van der Waals surface area contributed by atoms with Crippen LogP contribution in [0.3, 0.4) is 0 Å². The summed E-state index contributed by atoms with van der Waals surface area (Å²) in [7, 11) is 0. The van der Waals surface area contributed by atoms with Crippen LogP contribution in [0.1, 0.15) is 11.4 Å². The number of aryl methyl sites for hydroxylation is 2.